The molecule has 0 aliphatic carbocycles. The summed E-state index contributed by atoms with van der Waals surface area (Å²) in [7, 11) is 0. The second-order valence-electron chi connectivity index (χ2n) is 5.12. The van der Waals surface area contributed by atoms with Gasteiger partial charge < -0.3 is 9.64 Å². The summed E-state index contributed by atoms with van der Waals surface area (Å²) < 4.78 is 5.72. The summed E-state index contributed by atoms with van der Waals surface area (Å²) in [6.45, 7) is 7.69. The van der Waals surface area contributed by atoms with Crippen LogP contribution in [0.5, 0.6) is 5.75 Å². The minimum Gasteiger partial charge on any atom is -0.490 e. The molecule has 0 unspecified atom stereocenters. The van der Waals surface area contributed by atoms with Crippen LogP contribution in [0, 0.1) is 0 Å². The second kappa shape index (κ2) is 2.91. The maximum absolute atomic E-state index is 5.72. The van der Waals surface area contributed by atoms with E-state index in [1.54, 1.807) is 0 Å². The van der Waals surface area contributed by atoms with Crippen molar-refractivity contribution in [2.45, 2.75) is 25.7 Å². The van der Waals surface area contributed by atoms with E-state index in [9.17, 15) is 0 Å². The number of hydrogen-bond acceptors (Lipinski definition) is 2. The van der Waals surface area contributed by atoms with Gasteiger partial charge in [-0.3, -0.25) is 0 Å². The summed E-state index contributed by atoms with van der Waals surface area (Å²) in [5.74, 6) is 1.08. The molecule has 0 aromatic heterocycles. The molecule has 1 aromatic carbocycles. The van der Waals surface area contributed by atoms with Gasteiger partial charge in [-0.15, -0.1) is 0 Å². The highest BCUT2D eigenvalue weighted by atomic mass is 16.5. The van der Waals surface area contributed by atoms with E-state index in [0.29, 0.717) is 5.41 Å². The SMILES string of the molecule is CC1(C)CCN2CCOc3cccc1c32. The van der Waals surface area contributed by atoms with Crippen molar-refractivity contribution in [1.82, 2.24) is 0 Å². The zero-order valence-electron chi connectivity index (χ0n) is 9.42. The smallest absolute Gasteiger partial charge is 0.142 e. The molecule has 2 heteroatoms. The van der Waals surface area contributed by atoms with Crippen molar-refractivity contribution in [3.05, 3.63) is 23.8 Å². The lowest BCUT2D eigenvalue weighted by molar-refractivity contribution is 0.295. The lowest BCUT2D eigenvalue weighted by Crippen LogP contribution is -2.42. The monoisotopic (exact) mass is 203 g/mol. The quantitative estimate of drug-likeness (QED) is 0.642. The molecule has 0 amide bonds. The van der Waals surface area contributed by atoms with Gasteiger partial charge in [-0.2, -0.15) is 0 Å². The van der Waals surface area contributed by atoms with E-state index < -0.39 is 0 Å². The fourth-order valence-corrected chi connectivity index (χ4v) is 2.66. The Hall–Kier alpha value is -1.18. The van der Waals surface area contributed by atoms with Crippen LogP contribution in [0.2, 0.25) is 0 Å². The Labute approximate surface area is 90.8 Å². The molecule has 2 aliphatic heterocycles. The molecular formula is C13H17NO. The molecule has 0 radical (unpaired) electrons. The fourth-order valence-electron chi connectivity index (χ4n) is 2.66. The molecule has 0 saturated heterocycles. The molecule has 2 aliphatic rings. The number of benzene rings is 1. The van der Waals surface area contributed by atoms with Gasteiger partial charge in [-0.25, -0.2) is 0 Å². The highest BCUT2D eigenvalue weighted by molar-refractivity contribution is 5.68. The first-order valence-electron chi connectivity index (χ1n) is 5.70. The van der Waals surface area contributed by atoms with Crippen LogP contribution in [-0.4, -0.2) is 19.7 Å². The Morgan fingerprint density at radius 3 is 3.00 bits per heavy atom. The van der Waals surface area contributed by atoms with Crippen LogP contribution in [0.1, 0.15) is 25.8 Å². The first-order chi connectivity index (χ1) is 7.18. The van der Waals surface area contributed by atoms with Crippen LogP contribution in [-0.2, 0) is 5.41 Å². The van der Waals surface area contributed by atoms with Crippen LogP contribution in [0.4, 0.5) is 5.69 Å². The summed E-state index contributed by atoms with van der Waals surface area (Å²) in [5, 5.41) is 0. The van der Waals surface area contributed by atoms with E-state index in [4.69, 9.17) is 4.74 Å². The predicted octanol–water partition coefficient (Wildman–Crippen LogP) is 2.57. The lowest BCUT2D eigenvalue weighted by Gasteiger charge is -2.43. The van der Waals surface area contributed by atoms with Crippen molar-refractivity contribution in [3.63, 3.8) is 0 Å². The largest absolute Gasteiger partial charge is 0.490 e. The van der Waals surface area contributed by atoms with Crippen LogP contribution in [0.25, 0.3) is 0 Å². The summed E-state index contributed by atoms with van der Waals surface area (Å²) in [4.78, 5) is 2.47. The van der Waals surface area contributed by atoms with Crippen LogP contribution in [0.15, 0.2) is 18.2 Å². The maximum atomic E-state index is 5.72. The number of para-hydroxylation sites is 1. The minimum atomic E-state index is 0.294. The van der Waals surface area contributed by atoms with Crippen molar-refractivity contribution in [2.75, 3.05) is 24.6 Å². The summed E-state index contributed by atoms with van der Waals surface area (Å²) in [6.07, 6.45) is 1.24. The Kier molecular flexibility index (Phi) is 1.76. The van der Waals surface area contributed by atoms with Crippen molar-refractivity contribution in [2.24, 2.45) is 0 Å². The molecule has 0 bridgehead atoms. The number of anilines is 1. The molecular weight excluding hydrogens is 186 g/mol. The Morgan fingerprint density at radius 1 is 1.27 bits per heavy atom. The molecule has 80 valence electrons. The second-order valence-corrected chi connectivity index (χ2v) is 5.12. The van der Waals surface area contributed by atoms with E-state index >= 15 is 0 Å². The van der Waals surface area contributed by atoms with Crippen LogP contribution in [0.3, 0.4) is 0 Å². The molecule has 3 rings (SSSR count). The number of ether oxygens (including phenoxy) is 1. The zero-order chi connectivity index (χ0) is 10.5. The maximum Gasteiger partial charge on any atom is 0.142 e. The van der Waals surface area contributed by atoms with E-state index in [1.807, 2.05) is 0 Å². The summed E-state index contributed by atoms with van der Waals surface area (Å²) >= 11 is 0. The van der Waals surface area contributed by atoms with Gasteiger partial charge in [0.1, 0.15) is 12.4 Å². The van der Waals surface area contributed by atoms with Crippen molar-refractivity contribution in [3.8, 4) is 5.75 Å². The first-order valence-corrected chi connectivity index (χ1v) is 5.70. The van der Waals surface area contributed by atoms with Gasteiger partial charge in [0.25, 0.3) is 0 Å². The fraction of sp³-hybridized carbons (Fsp3) is 0.538. The molecule has 15 heavy (non-hydrogen) atoms. The normalized spacial score (nSPS) is 21.9. The number of nitrogens with zero attached hydrogens (tertiary/aromatic N) is 1. The summed E-state index contributed by atoms with van der Waals surface area (Å²) in [5.41, 5.74) is 3.09. The van der Waals surface area contributed by atoms with Gasteiger partial charge in [0.15, 0.2) is 0 Å². The van der Waals surface area contributed by atoms with Gasteiger partial charge in [0.2, 0.25) is 0 Å². The van der Waals surface area contributed by atoms with E-state index in [1.165, 1.54) is 24.2 Å². The van der Waals surface area contributed by atoms with Gasteiger partial charge in [0, 0.05) is 6.54 Å². The Morgan fingerprint density at radius 2 is 2.13 bits per heavy atom. The summed E-state index contributed by atoms with van der Waals surface area (Å²) in [6, 6.07) is 6.46. The lowest BCUT2D eigenvalue weighted by atomic mass is 9.77. The average molecular weight is 203 g/mol. The van der Waals surface area contributed by atoms with Gasteiger partial charge in [0.05, 0.1) is 12.2 Å². The first kappa shape index (κ1) is 9.08. The van der Waals surface area contributed by atoms with E-state index in [-0.39, 0.29) is 0 Å². The van der Waals surface area contributed by atoms with E-state index in [0.717, 1.165) is 18.9 Å². The van der Waals surface area contributed by atoms with Crippen molar-refractivity contribution in [1.29, 1.82) is 0 Å². The highest BCUT2D eigenvalue weighted by Gasteiger charge is 2.34. The molecule has 2 heterocycles. The molecule has 0 N–H and O–H groups in total. The van der Waals surface area contributed by atoms with Gasteiger partial charge >= 0.3 is 0 Å². The number of rotatable bonds is 0. The molecule has 2 nitrogen and oxygen atoms in total. The minimum absolute atomic E-state index is 0.294. The van der Waals surface area contributed by atoms with Crippen molar-refractivity contribution < 1.29 is 4.74 Å². The number of hydrogen-bond donors (Lipinski definition) is 0. The molecule has 0 saturated carbocycles. The molecule has 0 spiro atoms. The van der Waals surface area contributed by atoms with Gasteiger partial charge in [-0.1, -0.05) is 26.0 Å². The standard InChI is InChI=1S/C13H17NO/c1-13(2)6-7-14-8-9-15-11-5-3-4-10(13)12(11)14/h3-5H,6-9H2,1-2H3. The average Bonchev–Trinajstić information content (AvgIpc) is 2.24. The zero-order valence-corrected chi connectivity index (χ0v) is 9.42. The van der Waals surface area contributed by atoms with Gasteiger partial charge in [-0.05, 0) is 23.5 Å². The Bertz CT molecular complexity index is 398. The van der Waals surface area contributed by atoms with E-state index in [2.05, 4.69) is 36.9 Å². The molecule has 0 fully saturated rings. The molecule has 1 aromatic rings. The third-order valence-corrected chi connectivity index (χ3v) is 3.67. The third kappa shape index (κ3) is 1.24. The Balaban J connectivity index is 2.22. The molecule has 0 atom stereocenters. The highest BCUT2D eigenvalue weighted by Crippen LogP contribution is 2.45. The van der Waals surface area contributed by atoms with Crippen LogP contribution >= 0.6 is 0 Å². The van der Waals surface area contributed by atoms with Crippen molar-refractivity contribution >= 4 is 5.69 Å². The predicted molar refractivity (Wildman–Crippen MR) is 61.8 cm³/mol. The third-order valence-electron chi connectivity index (χ3n) is 3.67. The topological polar surface area (TPSA) is 12.5 Å². The van der Waals surface area contributed by atoms with Crippen LogP contribution < -0.4 is 9.64 Å².